The number of benzene rings is 6. The number of nitrogens with two attached hydrogens (primary N) is 1. The standard InChI is InChI=1S/C22H22F3N.C12H13N.C11H13F3O3S/c1-16(19-12-11-18-8-2-3-9-20(18)15-19)26-13-5-7-17-6-4-10-21(14-17)22(23,24)25;1-9(13)11-8-4-6-10-5-2-3-7-12(10)11;1-18(15,16)17-7-3-5-9-4-2-6-10(8-9)11(12,13)14/h2-4,6,8-12,14-16,26H,5,7,13H2,1H3;2-9H,13H2,1H3;2,4,6,8H,3,5,7H2,1H3/t16-;9-;/m11./s1. The zero-order valence-corrected chi connectivity index (χ0v) is 32.9. The number of rotatable bonds is 12. The Hall–Kier alpha value is -4.75. The molecule has 0 saturated heterocycles. The number of aryl methyl sites for hydroxylation is 2. The van der Waals surface area contributed by atoms with Gasteiger partial charge in [-0.15, -0.1) is 0 Å². The Morgan fingerprint density at radius 1 is 0.632 bits per heavy atom. The third-order valence-corrected chi connectivity index (χ3v) is 9.69. The van der Waals surface area contributed by atoms with Crippen molar-refractivity contribution >= 4 is 31.7 Å². The Kier molecular flexibility index (Phi) is 16.3. The topological polar surface area (TPSA) is 81.4 Å². The minimum atomic E-state index is -4.36. The van der Waals surface area contributed by atoms with Gasteiger partial charge in [-0.25, -0.2) is 0 Å². The lowest BCUT2D eigenvalue weighted by Gasteiger charge is -2.15. The van der Waals surface area contributed by atoms with Gasteiger partial charge in [0.15, 0.2) is 0 Å². The lowest BCUT2D eigenvalue weighted by molar-refractivity contribution is -0.138. The molecule has 0 spiro atoms. The molecule has 0 radical (unpaired) electrons. The van der Waals surface area contributed by atoms with E-state index in [4.69, 9.17) is 5.73 Å². The van der Waals surface area contributed by atoms with Gasteiger partial charge in [-0.05, 0) is 108 Å². The molecule has 0 aliphatic heterocycles. The largest absolute Gasteiger partial charge is 0.416 e. The number of alkyl halides is 6. The first-order chi connectivity index (χ1) is 26.9. The first-order valence-electron chi connectivity index (χ1n) is 18.5. The molecule has 304 valence electrons. The van der Waals surface area contributed by atoms with Crippen LogP contribution in [0.5, 0.6) is 0 Å². The van der Waals surface area contributed by atoms with Crippen molar-refractivity contribution in [3.63, 3.8) is 0 Å². The fourth-order valence-corrected chi connectivity index (χ4v) is 6.57. The molecule has 5 nitrogen and oxygen atoms in total. The monoisotopic (exact) mass is 810 g/mol. The maximum Gasteiger partial charge on any atom is 0.416 e. The van der Waals surface area contributed by atoms with Gasteiger partial charge in [-0.1, -0.05) is 115 Å². The number of fused-ring (bicyclic) bond motifs is 2. The maximum atomic E-state index is 12.7. The molecule has 0 heterocycles. The van der Waals surface area contributed by atoms with Gasteiger partial charge in [-0.3, -0.25) is 4.18 Å². The molecule has 0 aromatic heterocycles. The van der Waals surface area contributed by atoms with Gasteiger partial charge in [0.25, 0.3) is 10.1 Å². The first-order valence-corrected chi connectivity index (χ1v) is 20.3. The number of halogens is 6. The quantitative estimate of drug-likeness (QED) is 0.0731. The van der Waals surface area contributed by atoms with Crippen molar-refractivity contribution in [1.82, 2.24) is 5.32 Å². The van der Waals surface area contributed by atoms with E-state index in [1.165, 1.54) is 50.9 Å². The fourth-order valence-electron chi connectivity index (χ4n) is 6.15. The summed E-state index contributed by atoms with van der Waals surface area (Å²) in [5, 5.41) is 8.41. The predicted molar refractivity (Wildman–Crippen MR) is 217 cm³/mol. The second kappa shape index (κ2) is 20.6. The van der Waals surface area contributed by atoms with Crippen LogP contribution >= 0.6 is 0 Å². The minimum absolute atomic E-state index is 0.0327. The molecule has 0 unspecified atom stereocenters. The molecule has 0 aliphatic carbocycles. The van der Waals surface area contributed by atoms with Crippen LogP contribution in [0.3, 0.4) is 0 Å². The highest BCUT2D eigenvalue weighted by Crippen LogP contribution is 2.31. The Balaban J connectivity index is 0.000000202. The van der Waals surface area contributed by atoms with E-state index in [1.54, 1.807) is 12.1 Å². The zero-order valence-electron chi connectivity index (χ0n) is 32.1. The molecule has 2 atom stereocenters. The summed E-state index contributed by atoms with van der Waals surface area (Å²) in [5.74, 6) is 0. The summed E-state index contributed by atoms with van der Waals surface area (Å²) in [6.45, 7) is 4.84. The van der Waals surface area contributed by atoms with E-state index < -0.39 is 33.6 Å². The van der Waals surface area contributed by atoms with Gasteiger partial charge in [-0.2, -0.15) is 34.8 Å². The van der Waals surface area contributed by atoms with Crippen LogP contribution in [0.1, 0.15) is 72.2 Å². The van der Waals surface area contributed by atoms with Crippen molar-refractivity contribution in [2.75, 3.05) is 19.4 Å². The predicted octanol–water partition coefficient (Wildman–Crippen LogP) is 11.6. The molecule has 12 heteroatoms. The average molecular weight is 811 g/mol. The summed E-state index contributed by atoms with van der Waals surface area (Å²) in [4.78, 5) is 0. The summed E-state index contributed by atoms with van der Waals surface area (Å²) in [6, 6.07) is 40.1. The summed E-state index contributed by atoms with van der Waals surface area (Å²) in [5.41, 5.74) is 8.25. The van der Waals surface area contributed by atoms with E-state index in [0.717, 1.165) is 43.0 Å². The molecule has 0 saturated carbocycles. The van der Waals surface area contributed by atoms with Gasteiger partial charge in [0.05, 0.1) is 24.0 Å². The normalized spacial score (nSPS) is 12.9. The third-order valence-electron chi connectivity index (χ3n) is 9.10. The van der Waals surface area contributed by atoms with Gasteiger partial charge in [0.1, 0.15) is 0 Å². The van der Waals surface area contributed by atoms with Crippen molar-refractivity contribution in [2.24, 2.45) is 5.73 Å². The molecule has 57 heavy (non-hydrogen) atoms. The maximum absolute atomic E-state index is 12.7. The Labute approximate surface area is 331 Å². The summed E-state index contributed by atoms with van der Waals surface area (Å²) in [7, 11) is -3.49. The van der Waals surface area contributed by atoms with Crippen LogP contribution in [0.15, 0.2) is 133 Å². The van der Waals surface area contributed by atoms with E-state index in [-0.39, 0.29) is 18.7 Å². The van der Waals surface area contributed by atoms with Crippen LogP contribution in [0.2, 0.25) is 0 Å². The lowest BCUT2D eigenvalue weighted by atomic mass is 10.0. The van der Waals surface area contributed by atoms with E-state index in [0.29, 0.717) is 24.8 Å². The van der Waals surface area contributed by atoms with Crippen LogP contribution in [-0.2, 0) is 39.5 Å². The zero-order chi connectivity index (χ0) is 41.6. The molecule has 0 aliphatic rings. The highest BCUT2D eigenvalue weighted by Gasteiger charge is 2.31. The van der Waals surface area contributed by atoms with Gasteiger partial charge in [0.2, 0.25) is 0 Å². The molecular formula is C45H48F6N2O3S. The molecule has 3 N–H and O–H groups in total. The Morgan fingerprint density at radius 2 is 1.16 bits per heavy atom. The summed E-state index contributed by atoms with van der Waals surface area (Å²) < 4.78 is 101. The van der Waals surface area contributed by atoms with Gasteiger partial charge >= 0.3 is 12.4 Å². The van der Waals surface area contributed by atoms with E-state index >= 15 is 0 Å². The molecule has 0 fully saturated rings. The van der Waals surface area contributed by atoms with E-state index in [2.05, 4.69) is 77.1 Å². The van der Waals surface area contributed by atoms with Crippen molar-refractivity contribution in [2.45, 2.75) is 64.0 Å². The minimum Gasteiger partial charge on any atom is -0.324 e. The van der Waals surface area contributed by atoms with Crippen LogP contribution in [0.4, 0.5) is 26.3 Å². The van der Waals surface area contributed by atoms with Crippen LogP contribution < -0.4 is 11.1 Å². The Morgan fingerprint density at radius 3 is 1.74 bits per heavy atom. The molecule has 6 aromatic carbocycles. The average Bonchev–Trinajstić information content (AvgIpc) is 3.17. The molecule has 0 amide bonds. The number of nitrogens with one attached hydrogen (secondary N) is 1. The smallest absolute Gasteiger partial charge is 0.324 e. The first kappa shape index (κ1) is 45.0. The SMILES string of the molecule is CS(=O)(=O)OCCCc1cccc(C(F)(F)F)c1.C[C@@H](N)c1cccc2ccccc12.C[C@@H](NCCCc1cccc(C(F)(F)F)c1)c1ccc2ccccc2c1. The second-order valence-electron chi connectivity index (χ2n) is 13.8. The highest BCUT2D eigenvalue weighted by molar-refractivity contribution is 7.85. The summed E-state index contributed by atoms with van der Waals surface area (Å²) >= 11 is 0. The molecule has 6 rings (SSSR count). The summed E-state index contributed by atoms with van der Waals surface area (Å²) in [6.07, 6.45) is -5.62. The van der Waals surface area contributed by atoms with Crippen molar-refractivity contribution < 1.29 is 38.9 Å². The lowest BCUT2D eigenvalue weighted by Crippen LogP contribution is -2.20. The molecule has 0 bridgehead atoms. The van der Waals surface area contributed by atoms with Crippen LogP contribution in [-0.4, -0.2) is 27.8 Å². The van der Waals surface area contributed by atoms with Gasteiger partial charge < -0.3 is 11.1 Å². The highest BCUT2D eigenvalue weighted by atomic mass is 32.2. The molecule has 6 aromatic rings. The fraction of sp³-hybridized carbons (Fsp3) is 0.289. The van der Waals surface area contributed by atoms with E-state index in [1.807, 2.05) is 31.2 Å². The molecular weight excluding hydrogens is 763 g/mol. The number of hydrogen-bond donors (Lipinski definition) is 2. The number of hydrogen-bond acceptors (Lipinski definition) is 5. The third kappa shape index (κ3) is 14.9. The van der Waals surface area contributed by atoms with Crippen LogP contribution in [0.25, 0.3) is 21.5 Å². The Bertz CT molecular complexity index is 2290. The van der Waals surface area contributed by atoms with Gasteiger partial charge in [0, 0.05) is 12.1 Å². The van der Waals surface area contributed by atoms with Crippen molar-refractivity contribution in [3.05, 3.63) is 167 Å². The van der Waals surface area contributed by atoms with Crippen molar-refractivity contribution in [3.8, 4) is 0 Å². The second-order valence-corrected chi connectivity index (χ2v) is 15.4. The van der Waals surface area contributed by atoms with E-state index in [9.17, 15) is 34.8 Å². The van der Waals surface area contributed by atoms with Crippen molar-refractivity contribution in [1.29, 1.82) is 0 Å². The van der Waals surface area contributed by atoms with Crippen LogP contribution in [0, 0.1) is 0 Å².